The molecule has 25 heavy (non-hydrogen) atoms. The molecule has 4 rings (SSSR count). The zero-order valence-electron chi connectivity index (χ0n) is 14.0. The van der Waals surface area contributed by atoms with Gasteiger partial charge in [0.25, 0.3) is 0 Å². The van der Waals surface area contributed by atoms with Crippen molar-refractivity contribution in [1.82, 2.24) is 10.6 Å². The van der Waals surface area contributed by atoms with Gasteiger partial charge in [-0.05, 0) is 29.8 Å². The lowest BCUT2D eigenvalue weighted by Crippen LogP contribution is -2.60. The average molecular weight is 339 g/mol. The van der Waals surface area contributed by atoms with Crippen molar-refractivity contribution < 1.29 is 9.18 Å². The summed E-state index contributed by atoms with van der Waals surface area (Å²) in [6, 6.07) is 16.9. The van der Waals surface area contributed by atoms with Crippen LogP contribution in [0, 0.1) is 11.7 Å². The summed E-state index contributed by atoms with van der Waals surface area (Å²) >= 11 is 0. The van der Waals surface area contributed by atoms with Crippen LogP contribution in [0.5, 0.6) is 0 Å². The standard InChI is InChI=1S/C20H22FN3O/c21-15-6-8-17(9-7-15)24-12-16(13-24)23-20(25)19-11-22-10-18(19)14-4-2-1-3-5-14/h1-9,16,18-19,22H,10-13H2,(H,23,25)/t18-,19?/m0/s1. The first-order valence-electron chi connectivity index (χ1n) is 8.77. The SMILES string of the molecule is O=C(NC1CN(c2ccc(F)cc2)C1)C1CNC[C@H]1c1ccccc1. The summed E-state index contributed by atoms with van der Waals surface area (Å²) in [4.78, 5) is 14.8. The number of carbonyl (C=O) groups is 1. The second-order valence-electron chi connectivity index (χ2n) is 6.87. The van der Waals surface area contributed by atoms with Crippen molar-refractivity contribution in [3.63, 3.8) is 0 Å². The van der Waals surface area contributed by atoms with Gasteiger partial charge in [0.15, 0.2) is 0 Å². The Balaban J connectivity index is 1.33. The number of nitrogens with one attached hydrogen (secondary N) is 2. The number of halogens is 1. The van der Waals surface area contributed by atoms with Crippen LogP contribution in [0.25, 0.3) is 0 Å². The van der Waals surface area contributed by atoms with Crippen LogP contribution >= 0.6 is 0 Å². The Kier molecular flexibility index (Phi) is 4.40. The van der Waals surface area contributed by atoms with Crippen molar-refractivity contribution in [2.75, 3.05) is 31.1 Å². The fourth-order valence-electron chi connectivity index (χ4n) is 3.75. The Morgan fingerprint density at radius 1 is 1.04 bits per heavy atom. The minimum atomic E-state index is -0.227. The van der Waals surface area contributed by atoms with Gasteiger partial charge in [-0.1, -0.05) is 30.3 Å². The van der Waals surface area contributed by atoms with E-state index in [1.165, 1.54) is 17.7 Å². The highest BCUT2D eigenvalue weighted by Gasteiger charge is 2.36. The van der Waals surface area contributed by atoms with Crippen molar-refractivity contribution in [3.8, 4) is 0 Å². The smallest absolute Gasteiger partial charge is 0.225 e. The minimum Gasteiger partial charge on any atom is -0.367 e. The number of amides is 1. The number of anilines is 1. The molecule has 2 aliphatic rings. The zero-order chi connectivity index (χ0) is 17.2. The monoisotopic (exact) mass is 339 g/mol. The van der Waals surface area contributed by atoms with Crippen molar-refractivity contribution in [3.05, 3.63) is 66.0 Å². The molecule has 130 valence electrons. The first kappa shape index (κ1) is 16.1. The third-order valence-electron chi connectivity index (χ3n) is 5.20. The Labute approximate surface area is 147 Å². The van der Waals surface area contributed by atoms with Gasteiger partial charge >= 0.3 is 0 Å². The number of benzene rings is 2. The predicted octanol–water partition coefficient (Wildman–Crippen LogP) is 2.13. The van der Waals surface area contributed by atoms with Gasteiger partial charge in [-0.25, -0.2) is 4.39 Å². The number of carbonyl (C=O) groups excluding carboxylic acids is 1. The summed E-state index contributed by atoms with van der Waals surface area (Å²) in [6.45, 7) is 3.11. The normalized spacial score (nSPS) is 23.3. The molecule has 2 aromatic carbocycles. The lowest BCUT2D eigenvalue weighted by Gasteiger charge is -2.41. The maximum absolute atomic E-state index is 13.0. The summed E-state index contributed by atoms with van der Waals surface area (Å²) in [5.41, 5.74) is 2.21. The summed E-state index contributed by atoms with van der Waals surface area (Å²) in [7, 11) is 0. The van der Waals surface area contributed by atoms with Gasteiger partial charge in [0.2, 0.25) is 5.91 Å². The maximum Gasteiger partial charge on any atom is 0.225 e. The van der Waals surface area contributed by atoms with Crippen molar-refractivity contribution in [2.45, 2.75) is 12.0 Å². The van der Waals surface area contributed by atoms with E-state index in [0.29, 0.717) is 0 Å². The summed E-state index contributed by atoms with van der Waals surface area (Å²) < 4.78 is 13.0. The number of hydrogen-bond acceptors (Lipinski definition) is 3. The molecule has 0 bridgehead atoms. The third-order valence-corrected chi connectivity index (χ3v) is 5.20. The average Bonchev–Trinajstić information content (AvgIpc) is 3.09. The van der Waals surface area contributed by atoms with Crippen LogP contribution in [-0.4, -0.2) is 38.1 Å². The molecule has 2 atom stereocenters. The molecule has 1 unspecified atom stereocenters. The highest BCUT2D eigenvalue weighted by Crippen LogP contribution is 2.29. The molecule has 4 nitrogen and oxygen atoms in total. The Bertz CT molecular complexity index is 728. The van der Waals surface area contributed by atoms with E-state index in [0.717, 1.165) is 31.9 Å². The van der Waals surface area contributed by atoms with Crippen LogP contribution < -0.4 is 15.5 Å². The van der Waals surface area contributed by atoms with Crippen LogP contribution in [-0.2, 0) is 4.79 Å². The van der Waals surface area contributed by atoms with Gasteiger partial charge in [-0.15, -0.1) is 0 Å². The molecular weight excluding hydrogens is 317 g/mol. The van der Waals surface area contributed by atoms with E-state index in [1.54, 1.807) is 12.1 Å². The molecule has 0 saturated carbocycles. The van der Waals surface area contributed by atoms with Crippen LogP contribution in [0.1, 0.15) is 11.5 Å². The predicted molar refractivity (Wildman–Crippen MR) is 96.1 cm³/mol. The molecule has 2 N–H and O–H groups in total. The molecular formula is C20H22FN3O. The summed E-state index contributed by atoms with van der Waals surface area (Å²) in [5.74, 6) is 0.106. The number of nitrogens with zero attached hydrogens (tertiary/aromatic N) is 1. The highest BCUT2D eigenvalue weighted by molar-refractivity contribution is 5.81. The van der Waals surface area contributed by atoms with E-state index < -0.39 is 0 Å². The fraction of sp³-hybridized carbons (Fsp3) is 0.350. The van der Waals surface area contributed by atoms with Crippen LogP contribution in [0.2, 0.25) is 0 Å². The molecule has 0 spiro atoms. The van der Waals surface area contributed by atoms with Gasteiger partial charge in [0.1, 0.15) is 5.82 Å². The molecule has 2 aliphatic heterocycles. The number of rotatable bonds is 4. The first-order chi connectivity index (χ1) is 12.2. The molecule has 2 aromatic rings. The first-order valence-corrected chi connectivity index (χ1v) is 8.77. The fourth-order valence-corrected chi connectivity index (χ4v) is 3.75. The van der Waals surface area contributed by atoms with Gasteiger partial charge in [-0.3, -0.25) is 4.79 Å². The number of hydrogen-bond donors (Lipinski definition) is 2. The molecule has 1 amide bonds. The largest absolute Gasteiger partial charge is 0.367 e. The zero-order valence-corrected chi connectivity index (χ0v) is 14.0. The Hall–Kier alpha value is -2.40. The quantitative estimate of drug-likeness (QED) is 0.897. The second kappa shape index (κ2) is 6.84. The van der Waals surface area contributed by atoms with Crippen molar-refractivity contribution >= 4 is 11.6 Å². The van der Waals surface area contributed by atoms with E-state index in [-0.39, 0.29) is 29.6 Å². The van der Waals surface area contributed by atoms with Gasteiger partial charge in [-0.2, -0.15) is 0 Å². The Morgan fingerprint density at radius 2 is 1.76 bits per heavy atom. The van der Waals surface area contributed by atoms with Crippen molar-refractivity contribution in [2.24, 2.45) is 5.92 Å². The molecule has 0 radical (unpaired) electrons. The Morgan fingerprint density at radius 3 is 2.48 bits per heavy atom. The maximum atomic E-state index is 13.0. The molecule has 5 heteroatoms. The van der Waals surface area contributed by atoms with Crippen LogP contribution in [0.3, 0.4) is 0 Å². The third kappa shape index (κ3) is 3.37. The molecule has 0 aromatic heterocycles. The van der Waals surface area contributed by atoms with E-state index in [9.17, 15) is 9.18 Å². The molecule has 2 heterocycles. The topological polar surface area (TPSA) is 44.4 Å². The molecule has 2 fully saturated rings. The summed E-state index contributed by atoms with van der Waals surface area (Å²) in [5, 5.41) is 6.52. The van der Waals surface area contributed by atoms with Crippen LogP contribution in [0.4, 0.5) is 10.1 Å². The highest BCUT2D eigenvalue weighted by atomic mass is 19.1. The second-order valence-corrected chi connectivity index (χ2v) is 6.87. The van der Waals surface area contributed by atoms with Gasteiger partial charge in [0, 0.05) is 37.8 Å². The van der Waals surface area contributed by atoms with E-state index in [2.05, 4.69) is 27.7 Å². The summed E-state index contributed by atoms with van der Waals surface area (Å²) in [6.07, 6.45) is 0. The van der Waals surface area contributed by atoms with Gasteiger partial charge in [0.05, 0.1) is 12.0 Å². The molecule has 2 saturated heterocycles. The van der Waals surface area contributed by atoms with Gasteiger partial charge < -0.3 is 15.5 Å². The van der Waals surface area contributed by atoms with Crippen LogP contribution in [0.15, 0.2) is 54.6 Å². The van der Waals surface area contributed by atoms with E-state index in [1.807, 2.05) is 18.2 Å². The molecule has 0 aliphatic carbocycles. The van der Waals surface area contributed by atoms with Crippen molar-refractivity contribution in [1.29, 1.82) is 0 Å². The van der Waals surface area contributed by atoms with E-state index in [4.69, 9.17) is 0 Å². The minimum absolute atomic E-state index is 0.0257. The lowest BCUT2D eigenvalue weighted by molar-refractivity contribution is -0.125. The van der Waals surface area contributed by atoms with E-state index >= 15 is 0 Å². The lowest BCUT2D eigenvalue weighted by atomic mass is 9.88.